The molecule has 0 bridgehead atoms. The van der Waals surface area contributed by atoms with Gasteiger partial charge in [0.05, 0.1) is 0 Å². The second-order valence-electron chi connectivity index (χ2n) is 5.14. The van der Waals surface area contributed by atoms with E-state index in [0.29, 0.717) is 15.2 Å². The third-order valence-electron chi connectivity index (χ3n) is 3.18. The predicted octanol–water partition coefficient (Wildman–Crippen LogP) is 5.58. The monoisotopic (exact) mass is 226 g/mol. The molecule has 0 amide bonds. The van der Waals surface area contributed by atoms with Gasteiger partial charge in [0, 0.05) is 0 Å². The van der Waals surface area contributed by atoms with E-state index in [-0.39, 0.29) is 1.43 Å². The summed E-state index contributed by atoms with van der Waals surface area (Å²) >= 11 is 0.703. The molecule has 0 saturated heterocycles. The van der Waals surface area contributed by atoms with Gasteiger partial charge in [-0.15, -0.1) is 0 Å². The zero-order valence-electron chi connectivity index (χ0n) is 12.4. The zero-order valence-corrected chi connectivity index (χ0v) is 12.5. The minimum absolute atomic E-state index is 0. The molecule has 90 valence electrons. The molecule has 0 fully saturated rings. The van der Waals surface area contributed by atoms with Crippen LogP contribution in [0, 0.1) is 0 Å². The minimum Gasteiger partial charge on any atom is -1.00 e. The van der Waals surface area contributed by atoms with Crippen molar-refractivity contribution in [1.29, 1.82) is 0 Å². The van der Waals surface area contributed by atoms with Gasteiger partial charge < -0.3 is 1.43 Å². The molecule has 0 spiro atoms. The van der Waals surface area contributed by atoms with Crippen LogP contribution in [0.2, 0.25) is 9.56 Å². The van der Waals surface area contributed by atoms with E-state index in [2.05, 4.69) is 27.7 Å². The van der Waals surface area contributed by atoms with Gasteiger partial charge in [-0.25, -0.2) is 0 Å². The van der Waals surface area contributed by atoms with Crippen molar-refractivity contribution < 1.29 is 1.43 Å². The van der Waals surface area contributed by atoms with Gasteiger partial charge in [-0.05, 0) is 0 Å². The molecule has 0 heterocycles. The standard InChI is InChI=1S/2C7H15.Al.H/c2*1-3-5-7-6-4-2;;/h2*3H,4-7H2,1-2H3;;/q;;+1;-1. The maximum Gasteiger partial charge on any atom is -1.00 e. The first kappa shape index (κ1) is 15.5. The van der Waals surface area contributed by atoms with Crippen LogP contribution in [0.1, 0.15) is 80.5 Å². The van der Waals surface area contributed by atoms with E-state index in [1.54, 1.807) is 0 Å². The molecular weight excluding hydrogens is 195 g/mol. The zero-order chi connectivity index (χ0) is 11.5. The smallest absolute Gasteiger partial charge is 1.00 e. The Hall–Kier alpha value is 0.532. The first-order chi connectivity index (χ1) is 7.20. The Kier molecular flexibility index (Phi) is 11.4. The topological polar surface area (TPSA) is 0 Å². The summed E-state index contributed by atoms with van der Waals surface area (Å²) in [6.45, 7) is 9.54. The quantitative estimate of drug-likeness (QED) is 0.337. The van der Waals surface area contributed by atoms with Crippen LogP contribution in [-0.4, -0.2) is 15.2 Å². The van der Waals surface area contributed by atoms with Crippen LogP contribution in [0.3, 0.4) is 0 Å². The van der Waals surface area contributed by atoms with Crippen molar-refractivity contribution >= 4 is 15.2 Å². The van der Waals surface area contributed by atoms with E-state index >= 15 is 0 Å². The Labute approximate surface area is 105 Å². The van der Waals surface area contributed by atoms with Gasteiger partial charge in [-0.3, -0.25) is 0 Å². The summed E-state index contributed by atoms with van der Waals surface area (Å²) < 4.78 is 2.07. The van der Waals surface area contributed by atoms with Crippen molar-refractivity contribution in [1.82, 2.24) is 0 Å². The van der Waals surface area contributed by atoms with Gasteiger partial charge in [0.2, 0.25) is 0 Å². The number of hydrogen-bond donors (Lipinski definition) is 0. The molecule has 15 heavy (non-hydrogen) atoms. The van der Waals surface area contributed by atoms with Gasteiger partial charge in [0.15, 0.2) is 0 Å². The molecule has 0 aromatic rings. The summed E-state index contributed by atoms with van der Waals surface area (Å²) in [5, 5.41) is 0. The molecule has 0 aromatic heterocycles. The molecule has 0 aromatic carbocycles. The summed E-state index contributed by atoms with van der Waals surface area (Å²) in [6, 6.07) is 0. The van der Waals surface area contributed by atoms with E-state index in [9.17, 15) is 0 Å². The molecule has 0 radical (unpaired) electrons. The summed E-state index contributed by atoms with van der Waals surface area (Å²) in [7, 11) is 0. The van der Waals surface area contributed by atoms with E-state index in [4.69, 9.17) is 0 Å². The number of hydrogen-bond acceptors (Lipinski definition) is 0. The number of unbranched alkanes of at least 4 members (excludes halogenated alkanes) is 4. The average Bonchev–Trinajstić information content (AvgIpc) is 2.18. The normalized spacial score (nSPS) is 14.7. The van der Waals surface area contributed by atoms with E-state index in [0.717, 1.165) is 9.56 Å². The third-order valence-corrected chi connectivity index (χ3v) is 5.16. The molecule has 0 saturated carbocycles. The second-order valence-corrected chi connectivity index (χ2v) is 7.80. The largest absolute Gasteiger partial charge is 1.00 e. The first-order valence-electron chi connectivity index (χ1n) is 7.05. The maximum absolute atomic E-state index is 2.47. The van der Waals surface area contributed by atoms with Crippen molar-refractivity contribution in [2.45, 2.75) is 88.6 Å². The molecule has 0 N–H and O–H groups in total. The molecule has 0 rings (SSSR count). The van der Waals surface area contributed by atoms with Gasteiger partial charge in [0.1, 0.15) is 0 Å². The third kappa shape index (κ3) is 10.8. The van der Waals surface area contributed by atoms with Crippen molar-refractivity contribution in [2.75, 3.05) is 0 Å². The van der Waals surface area contributed by atoms with Crippen LogP contribution in [0.4, 0.5) is 0 Å². The minimum atomic E-state index is 0. The van der Waals surface area contributed by atoms with Crippen LogP contribution < -0.4 is 0 Å². The van der Waals surface area contributed by atoms with Crippen molar-refractivity contribution in [3.05, 3.63) is 0 Å². The molecule has 1 heteroatoms. The molecule has 0 aliphatic heterocycles. The van der Waals surface area contributed by atoms with Gasteiger partial charge in [0.25, 0.3) is 0 Å². The van der Waals surface area contributed by atoms with Crippen molar-refractivity contribution in [3.63, 3.8) is 0 Å². The Morgan fingerprint density at radius 3 is 1.53 bits per heavy atom. The second kappa shape index (κ2) is 11.0. The predicted molar refractivity (Wildman–Crippen MR) is 74.0 cm³/mol. The summed E-state index contributed by atoms with van der Waals surface area (Å²) in [5.41, 5.74) is 0. The Morgan fingerprint density at radius 1 is 0.800 bits per heavy atom. The van der Waals surface area contributed by atoms with Gasteiger partial charge >= 0.3 is 104 Å². The van der Waals surface area contributed by atoms with Gasteiger partial charge in [-0.1, -0.05) is 0 Å². The van der Waals surface area contributed by atoms with E-state index in [1.807, 2.05) is 0 Å². The van der Waals surface area contributed by atoms with E-state index in [1.165, 1.54) is 51.4 Å². The summed E-state index contributed by atoms with van der Waals surface area (Å²) in [5.74, 6) is 0. The Morgan fingerprint density at radius 2 is 1.20 bits per heavy atom. The summed E-state index contributed by atoms with van der Waals surface area (Å²) in [4.78, 5) is 0. The van der Waals surface area contributed by atoms with Crippen LogP contribution in [0.15, 0.2) is 0 Å². The Balaban J connectivity index is 0. The fraction of sp³-hybridized carbons (Fsp3) is 1.00. The van der Waals surface area contributed by atoms with Crippen molar-refractivity contribution in [2.24, 2.45) is 0 Å². The fourth-order valence-electron chi connectivity index (χ4n) is 2.19. The Bertz CT molecular complexity index is 114. The van der Waals surface area contributed by atoms with Crippen LogP contribution >= 0.6 is 0 Å². The molecule has 2 atom stereocenters. The van der Waals surface area contributed by atoms with Crippen LogP contribution in [-0.2, 0) is 0 Å². The SMILES string of the molecule is CCCCC[CH](C)[Al+][CH](C)CCCCC.[H-]. The molecule has 0 nitrogen and oxygen atoms in total. The first-order valence-corrected chi connectivity index (χ1v) is 8.39. The molecule has 2 unspecified atom stereocenters. The van der Waals surface area contributed by atoms with Gasteiger partial charge in [-0.2, -0.15) is 0 Å². The fourth-order valence-corrected chi connectivity index (χ4v) is 4.16. The molecule has 0 aliphatic rings. The molecule has 0 aliphatic carbocycles. The van der Waals surface area contributed by atoms with E-state index < -0.39 is 0 Å². The summed E-state index contributed by atoms with van der Waals surface area (Å²) in [6.07, 6.45) is 11.5. The number of rotatable bonds is 10. The maximum atomic E-state index is 2.47. The van der Waals surface area contributed by atoms with Crippen LogP contribution in [0.5, 0.6) is 0 Å². The van der Waals surface area contributed by atoms with Crippen LogP contribution in [0.25, 0.3) is 0 Å². The van der Waals surface area contributed by atoms with Crippen molar-refractivity contribution in [3.8, 4) is 0 Å². The average molecular weight is 226 g/mol. The molecular formula is C14H31Al.